The molecule has 0 radical (unpaired) electrons. The van der Waals surface area contributed by atoms with Gasteiger partial charge >= 0.3 is 0 Å². The van der Waals surface area contributed by atoms with E-state index in [1.54, 1.807) is 22.0 Å². The SMILES string of the molecule is CC(C)(C)C(O)/C(=C\c1ccc(Cl)cc1)n1cncn1.CC(C)(C)[C@H](O)/C(=C\c1ccc(Cl)cc1)n1cncn1. The molecule has 4 rings (SSSR count). The molecule has 2 N–H and O–H groups in total. The molecule has 0 aliphatic carbocycles. The first kappa shape index (κ1) is 31.2. The number of halogens is 2. The Bertz CT molecular complexity index is 1270. The van der Waals surface area contributed by atoms with Crippen LogP contribution in [-0.4, -0.2) is 51.9 Å². The van der Waals surface area contributed by atoms with Crippen molar-refractivity contribution in [1.29, 1.82) is 0 Å². The molecule has 1 unspecified atom stereocenters. The third-order valence-corrected chi connectivity index (χ3v) is 6.44. The van der Waals surface area contributed by atoms with Gasteiger partial charge < -0.3 is 10.2 Å². The Morgan fingerprint density at radius 1 is 0.650 bits per heavy atom. The highest BCUT2D eigenvalue weighted by Gasteiger charge is 2.28. The molecule has 0 saturated carbocycles. The van der Waals surface area contributed by atoms with Gasteiger partial charge in [0.05, 0.1) is 11.4 Å². The number of aromatic nitrogens is 6. The van der Waals surface area contributed by atoms with Crippen LogP contribution in [0, 0.1) is 10.8 Å². The zero-order valence-corrected chi connectivity index (χ0v) is 25.1. The molecule has 2 aromatic heterocycles. The summed E-state index contributed by atoms with van der Waals surface area (Å²) in [4.78, 5) is 7.88. The fraction of sp³-hybridized carbons (Fsp3) is 0.333. The number of hydrogen-bond acceptors (Lipinski definition) is 6. The van der Waals surface area contributed by atoms with Crippen LogP contribution in [0.15, 0.2) is 73.8 Å². The van der Waals surface area contributed by atoms with Gasteiger partial charge in [-0.25, -0.2) is 19.3 Å². The van der Waals surface area contributed by atoms with E-state index in [4.69, 9.17) is 23.2 Å². The topological polar surface area (TPSA) is 102 Å². The molecule has 2 atom stereocenters. The van der Waals surface area contributed by atoms with Crippen LogP contribution in [-0.2, 0) is 0 Å². The van der Waals surface area contributed by atoms with E-state index in [-0.39, 0.29) is 10.8 Å². The molecule has 0 amide bonds. The molecule has 2 aromatic carbocycles. The number of benzene rings is 2. The van der Waals surface area contributed by atoms with Crippen molar-refractivity contribution in [3.63, 3.8) is 0 Å². The van der Waals surface area contributed by atoms with Gasteiger partial charge in [-0.2, -0.15) is 10.2 Å². The maximum absolute atomic E-state index is 10.6. The van der Waals surface area contributed by atoms with Gasteiger partial charge in [0.2, 0.25) is 0 Å². The van der Waals surface area contributed by atoms with Crippen molar-refractivity contribution in [2.24, 2.45) is 10.8 Å². The van der Waals surface area contributed by atoms with Gasteiger partial charge in [0.25, 0.3) is 0 Å². The average Bonchev–Trinajstić information content (AvgIpc) is 3.62. The van der Waals surface area contributed by atoms with Gasteiger partial charge in [-0.1, -0.05) is 89.0 Å². The highest BCUT2D eigenvalue weighted by molar-refractivity contribution is 6.30. The monoisotopic (exact) mass is 582 g/mol. The van der Waals surface area contributed by atoms with Crippen LogP contribution in [0.25, 0.3) is 23.5 Å². The second-order valence-corrected chi connectivity index (χ2v) is 12.3. The van der Waals surface area contributed by atoms with E-state index in [9.17, 15) is 10.2 Å². The molecular weight excluding hydrogens is 547 g/mol. The van der Waals surface area contributed by atoms with Gasteiger partial charge in [0.1, 0.15) is 37.5 Å². The highest BCUT2D eigenvalue weighted by atomic mass is 35.5. The predicted molar refractivity (Wildman–Crippen MR) is 162 cm³/mol. The van der Waals surface area contributed by atoms with Gasteiger partial charge in [0, 0.05) is 10.0 Å². The Labute approximate surface area is 245 Å². The minimum absolute atomic E-state index is 0.301. The summed E-state index contributed by atoms with van der Waals surface area (Å²) < 4.78 is 3.18. The number of aliphatic hydroxyl groups is 2. The summed E-state index contributed by atoms with van der Waals surface area (Å²) in [5.41, 5.74) is 2.65. The lowest BCUT2D eigenvalue weighted by Crippen LogP contribution is -2.29. The highest BCUT2D eigenvalue weighted by Crippen LogP contribution is 2.30. The lowest BCUT2D eigenvalue weighted by atomic mass is 9.86. The van der Waals surface area contributed by atoms with Crippen LogP contribution in [0.5, 0.6) is 0 Å². The third kappa shape index (κ3) is 8.86. The summed E-state index contributed by atoms with van der Waals surface area (Å²) in [6.07, 6.45) is 8.51. The maximum Gasteiger partial charge on any atom is 0.138 e. The van der Waals surface area contributed by atoms with Crippen LogP contribution in [0.2, 0.25) is 10.0 Å². The number of rotatable bonds is 6. The van der Waals surface area contributed by atoms with Crippen LogP contribution in [0.1, 0.15) is 52.7 Å². The summed E-state index contributed by atoms with van der Waals surface area (Å²) in [7, 11) is 0. The molecule has 4 aromatic rings. The molecular formula is C30H36Cl2N6O2. The van der Waals surface area contributed by atoms with Gasteiger partial charge in [-0.15, -0.1) is 0 Å². The quantitative estimate of drug-likeness (QED) is 0.263. The second-order valence-electron chi connectivity index (χ2n) is 11.5. The van der Waals surface area contributed by atoms with Gasteiger partial charge in [-0.3, -0.25) is 0 Å². The molecule has 2 heterocycles. The molecule has 212 valence electrons. The molecule has 0 aliphatic heterocycles. The first-order valence-electron chi connectivity index (χ1n) is 12.8. The van der Waals surface area contributed by atoms with E-state index in [1.807, 2.05) is 102 Å². The van der Waals surface area contributed by atoms with E-state index >= 15 is 0 Å². The van der Waals surface area contributed by atoms with E-state index in [0.717, 1.165) is 11.1 Å². The Morgan fingerprint density at radius 2 is 0.975 bits per heavy atom. The minimum atomic E-state index is -0.667. The number of aliphatic hydroxyl groups excluding tert-OH is 2. The molecule has 0 saturated heterocycles. The predicted octanol–water partition coefficient (Wildman–Crippen LogP) is 6.67. The van der Waals surface area contributed by atoms with Crippen molar-refractivity contribution < 1.29 is 10.2 Å². The Kier molecular flexibility index (Phi) is 10.4. The fourth-order valence-corrected chi connectivity index (χ4v) is 3.82. The molecule has 0 spiro atoms. The second kappa shape index (κ2) is 13.4. The molecule has 0 aliphatic rings. The van der Waals surface area contributed by atoms with Crippen molar-refractivity contribution in [1.82, 2.24) is 29.5 Å². The molecule has 0 bridgehead atoms. The first-order valence-corrected chi connectivity index (χ1v) is 13.5. The summed E-state index contributed by atoms with van der Waals surface area (Å²) in [6, 6.07) is 14.9. The summed E-state index contributed by atoms with van der Waals surface area (Å²) >= 11 is 11.8. The Morgan fingerprint density at radius 3 is 1.23 bits per heavy atom. The van der Waals surface area contributed by atoms with Crippen LogP contribution in [0.3, 0.4) is 0 Å². The lowest BCUT2D eigenvalue weighted by Gasteiger charge is -2.28. The van der Waals surface area contributed by atoms with Gasteiger partial charge in [0.15, 0.2) is 0 Å². The van der Waals surface area contributed by atoms with E-state index in [1.165, 1.54) is 12.7 Å². The summed E-state index contributed by atoms with van der Waals surface area (Å²) in [6.45, 7) is 11.9. The largest absolute Gasteiger partial charge is 0.386 e. The fourth-order valence-electron chi connectivity index (χ4n) is 3.57. The summed E-state index contributed by atoms with van der Waals surface area (Å²) in [5.74, 6) is 0. The molecule has 10 heteroatoms. The molecule has 0 fully saturated rings. The smallest absolute Gasteiger partial charge is 0.138 e. The van der Waals surface area contributed by atoms with Crippen LogP contribution < -0.4 is 0 Å². The van der Waals surface area contributed by atoms with E-state index < -0.39 is 12.2 Å². The van der Waals surface area contributed by atoms with Gasteiger partial charge in [-0.05, 0) is 58.4 Å². The third-order valence-electron chi connectivity index (χ3n) is 5.94. The number of hydrogen-bond donors (Lipinski definition) is 2. The van der Waals surface area contributed by atoms with Crippen molar-refractivity contribution in [2.75, 3.05) is 0 Å². The standard InChI is InChI=1S/2C15H18ClN3O/c2*1-15(2,3)14(20)13(19-10-17-9-18-19)8-11-4-6-12(16)7-5-11/h2*4-10,14,20H,1-3H3/b2*13-8+/t14-;/m1./s1. The normalized spacial score (nSPS) is 14.3. The Balaban J connectivity index is 0.000000220. The van der Waals surface area contributed by atoms with E-state index in [0.29, 0.717) is 21.4 Å². The lowest BCUT2D eigenvalue weighted by molar-refractivity contribution is 0.109. The maximum atomic E-state index is 10.6. The first-order chi connectivity index (χ1) is 18.8. The van der Waals surface area contributed by atoms with Crippen LogP contribution >= 0.6 is 23.2 Å². The minimum Gasteiger partial charge on any atom is -0.386 e. The van der Waals surface area contributed by atoms with Crippen molar-refractivity contribution >= 4 is 46.7 Å². The zero-order chi connectivity index (χ0) is 29.5. The summed E-state index contributed by atoms with van der Waals surface area (Å²) in [5, 5.41) is 30.7. The van der Waals surface area contributed by atoms with Crippen molar-refractivity contribution in [3.8, 4) is 0 Å². The van der Waals surface area contributed by atoms with Crippen molar-refractivity contribution in [2.45, 2.75) is 53.8 Å². The average molecular weight is 584 g/mol. The molecule has 8 nitrogen and oxygen atoms in total. The molecule has 40 heavy (non-hydrogen) atoms. The Hall–Kier alpha value is -3.30. The zero-order valence-electron chi connectivity index (χ0n) is 23.6. The van der Waals surface area contributed by atoms with Crippen LogP contribution in [0.4, 0.5) is 0 Å². The van der Waals surface area contributed by atoms with Crippen molar-refractivity contribution in [3.05, 3.63) is 95.0 Å². The number of nitrogens with zero attached hydrogens (tertiary/aromatic N) is 6. The van der Waals surface area contributed by atoms with E-state index in [2.05, 4.69) is 20.2 Å².